The summed E-state index contributed by atoms with van der Waals surface area (Å²) in [6, 6.07) is 0. The maximum atomic E-state index is 11.4. The van der Waals surface area contributed by atoms with E-state index in [1.807, 2.05) is 6.92 Å². The molecule has 0 rings (SSSR count). The van der Waals surface area contributed by atoms with E-state index < -0.39 is 0 Å². The molecule has 4 heteroatoms. The molecule has 0 aliphatic rings. The molecule has 0 aromatic rings. The second kappa shape index (κ2) is 10.3. The molecule has 0 saturated heterocycles. The zero-order valence-corrected chi connectivity index (χ0v) is 12.7. The van der Waals surface area contributed by atoms with Crippen LogP contribution in [0.5, 0.6) is 0 Å². The van der Waals surface area contributed by atoms with E-state index in [0.29, 0.717) is 0 Å². The Balaban J connectivity index is 3.93. The Morgan fingerprint density at radius 1 is 1.06 bits per heavy atom. The molecule has 0 spiro atoms. The van der Waals surface area contributed by atoms with Crippen molar-refractivity contribution < 1.29 is 9.53 Å². The van der Waals surface area contributed by atoms with E-state index in [1.54, 1.807) is 0 Å². The summed E-state index contributed by atoms with van der Waals surface area (Å²) in [7, 11) is 1.45. The van der Waals surface area contributed by atoms with Crippen LogP contribution in [0.4, 0.5) is 0 Å². The van der Waals surface area contributed by atoms with Gasteiger partial charge >= 0.3 is 5.97 Å². The van der Waals surface area contributed by atoms with Crippen LogP contribution in [0.15, 0.2) is 0 Å². The molecule has 0 N–H and O–H groups in total. The van der Waals surface area contributed by atoms with Gasteiger partial charge in [-0.15, -0.1) is 0 Å². The van der Waals surface area contributed by atoms with Gasteiger partial charge in [-0.1, -0.05) is 27.7 Å². The lowest BCUT2D eigenvalue weighted by Crippen LogP contribution is -2.35. The highest BCUT2D eigenvalue weighted by Gasteiger charge is 2.16. The van der Waals surface area contributed by atoms with Gasteiger partial charge in [0.2, 0.25) is 0 Å². The maximum Gasteiger partial charge on any atom is 0.309 e. The van der Waals surface area contributed by atoms with Gasteiger partial charge in [0.15, 0.2) is 0 Å². The second-order valence-corrected chi connectivity index (χ2v) is 4.70. The monoisotopic (exact) mass is 258 g/mol. The third-order valence-corrected chi connectivity index (χ3v) is 3.43. The number of esters is 1. The van der Waals surface area contributed by atoms with E-state index in [-0.39, 0.29) is 11.9 Å². The first-order valence-electron chi connectivity index (χ1n) is 7.11. The highest BCUT2D eigenvalue weighted by atomic mass is 16.5. The van der Waals surface area contributed by atoms with Gasteiger partial charge < -0.3 is 14.5 Å². The van der Waals surface area contributed by atoms with Gasteiger partial charge in [-0.3, -0.25) is 4.79 Å². The number of carbonyl (C=O) groups is 1. The Labute approximate surface area is 112 Å². The Kier molecular flexibility index (Phi) is 9.98. The molecule has 1 atom stereocenters. The van der Waals surface area contributed by atoms with Crippen molar-refractivity contribution in [1.82, 2.24) is 9.80 Å². The lowest BCUT2D eigenvalue weighted by Gasteiger charge is -2.25. The molecule has 108 valence electrons. The standard InChI is InChI=1S/C14H30N2O2/c1-6-15(7-2)10-9-11-16(8-3)12-13(4)14(17)18-5/h13H,6-12H2,1-5H3. The average molecular weight is 258 g/mol. The number of carbonyl (C=O) groups excluding carboxylic acids is 1. The summed E-state index contributed by atoms with van der Waals surface area (Å²) in [6.45, 7) is 14.6. The molecular formula is C14H30N2O2. The van der Waals surface area contributed by atoms with Gasteiger partial charge in [0, 0.05) is 6.54 Å². The van der Waals surface area contributed by atoms with Crippen molar-refractivity contribution in [3.63, 3.8) is 0 Å². The van der Waals surface area contributed by atoms with Crippen LogP contribution in [0.25, 0.3) is 0 Å². The Morgan fingerprint density at radius 3 is 2.00 bits per heavy atom. The van der Waals surface area contributed by atoms with Crippen LogP contribution in [-0.2, 0) is 9.53 Å². The summed E-state index contributed by atoms with van der Waals surface area (Å²) in [5, 5.41) is 0. The summed E-state index contributed by atoms with van der Waals surface area (Å²) >= 11 is 0. The van der Waals surface area contributed by atoms with Crippen LogP contribution in [0.2, 0.25) is 0 Å². The maximum absolute atomic E-state index is 11.4. The van der Waals surface area contributed by atoms with Crippen molar-refractivity contribution in [2.75, 3.05) is 46.4 Å². The number of rotatable bonds is 10. The molecular weight excluding hydrogens is 228 g/mol. The highest BCUT2D eigenvalue weighted by molar-refractivity contribution is 5.72. The fourth-order valence-corrected chi connectivity index (χ4v) is 2.10. The summed E-state index contributed by atoms with van der Waals surface area (Å²) in [5.74, 6) is -0.152. The zero-order chi connectivity index (χ0) is 14.0. The van der Waals surface area contributed by atoms with Crippen molar-refractivity contribution in [1.29, 1.82) is 0 Å². The quantitative estimate of drug-likeness (QED) is 0.560. The van der Waals surface area contributed by atoms with Gasteiger partial charge in [0.25, 0.3) is 0 Å². The minimum absolute atomic E-state index is 0.0385. The van der Waals surface area contributed by atoms with Gasteiger partial charge in [-0.05, 0) is 39.1 Å². The first-order valence-corrected chi connectivity index (χ1v) is 7.11. The molecule has 0 aromatic heterocycles. The third kappa shape index (κ3) is 6.97. The van der Waals surface area contributed by atoms with Crippen molar-refractivity contribution in [2.45, 2.75) is 34.1 Å². The third-order valence-electron chi connectivity index (χ3n) is 3.43. The second-order valence-electron chi connectivity index (χ2n) is 4.70. The van der Waals surface area contributed by atoms with E-state index >= 15 is 0 Å². The van der Waals surface area contributed by atoms with E-state index in [1.165, 1.54) is 7.11 Å². The van der Waals surface area contributed by atoms with Crippen LogP contribution in [0.3, 0.4) is 0 Å². The lowest BCUT2D eigenvalue weighted by molar-refractivity contribution is -0.145. The predicted molar refractivity (Wildman–Crippen MR) is 75.7 cm³/mol. The summed E-state index contributed by atoms with van der Waals surface area (Å²) in [5.41, 5.74) is 0. The highest BCUT2D eigenvalue weighted by Crippen LogP contribution is 2.03. The van der Waals surface area contributed by atoms with Crippen LogP contribution in [-0.4, -0.2) is 62.1 Å². The number of ether oxygens (including phenoxy) is 1. The van der Waals surface area contributed by atoms with Crippen LogP contribution < -0.4 is 0 Å². The van der Waals surface area contributed by atoms with Crippen molar-refractivity contribution in [3.05, 3.63) is 0 Å². The summed E-state index contributed by atoms with van der Waals surface area (Å²) < 4.78 is 4.76. The molecule has 0 saturated carbocycles. The molecule has 0 aromatic carbocycles. The van der Waals surface area contributed by atoms with E-state index in [9.17, 15) is 4.79 Å². The molecule has 4 nitrogen and oxygen atoms in total. The molecule has 0 aliphatic carbocycles. The molecule has 18 heavy (non-hydrogen) atoms. The Morgan fingerprint density at radius 2 is 1.56 bits per heavy atom. The number of hydrogen-bond donors (Lipinski definition) is 0. The fourth-order valence-electron chi connectivity index (χ4n) is 2.10. The van der Waals surface area contributed by atoms with Crippen molar-refractivity contribution in [2.24, 2.45) is 5.92 Å². The van der Waals surface area contributed by atoms with E-state index in [0.717, 1.165) is 45.7 Å². The molecule has 0 fully saturated rings. The van der Waals surface area contributed by atoms with Crippen molar-refractivity contribution >= 4 is 5.97 Å². The number of methoxy groups -OCH3 is 1. The minimum atomic E-state index is -0.114. The summed E-state index contributed by atoms with van der Waals surface area (Å²) in [4.78, 5) is 16.1. The number of hydrogen-bond acceptors (Lipinski definition) is 4. The smallest absolute Gasteiger partial charge is 0.309 e. The summed E-state index contributed by atoms with van der Waals surface area (Å²) in [6.07, 6.45) is 1.16. The van der Waals surface area contributed by atoms with Gasteiger partial charge in [-0.2, -0.15) is 0 Å². The Bertz CT molecular complexity index is 218. The zero-order valence-electron chi connectivity index (χ0n) is 12.7. The van der Waals surface area contributed by atoms with Gasteiger partial charge in [0.05, 0.1) is 13.0 Å². The van der Waals surface area contributed by atoms with E-state index in [2.05, 4.69) is 30.6 Å². The first-order chi connectivity index (χ1) is 8.58. The van der Waals surface area contributed by atoms with Gasteiger partial charge in [-0.25, -0.2) is 0 Å². The fraction of sp³-hybridized carbons (Fsp3) is 0.929. The first kappa shape index (κ1) is 17.4. The molecule has 1 unspecified atom stereocenters. The van der Waals surface area contributed by atoms with Crippen molar-refractivity contribution in [3.8, 4) is 0 Å². The van der Waals surface area contributed by atoms with E-state index in [4.69, 9.17) is 4.74 Å². The average Bonchev–Trinajstić information content (AvgIpc) is 2.40. The van der Waals surface area contributed by atoms with Crippen LogP contribution in [0, 0.1) is 5.92 Å². The topological polar surface area (TPSA) is 32.8 Å². The van der Waals surface area contributed by atoms with Gasteiger partial charge in [0.1, 0.15) is 0 Å². The van der Waals surface area contributed by atoms with Crippen LogP contribution in [0.1, 0.15) is 34.1 Å². The lowest BCUT2D eigenvalue weighted by atomic mass is 10.1. The van der Waals surface area contributed by atoms with Crippen LogP contribution >= 0.6 is 0 Å². The molecule has 0 aliphatic heterocycles. The molecule has 0 heterocycles. The SMILES string of the molecule is CCN(CC)CCCN(CC)CC(C)C(=O)OC. The Hall–Kier alpha value is -0.610. The molecule has 0 radical (unpaired) electrons. The number of nitrogens with zero attached hydrogens (tertiary/aromatic N) is 2. The molecule has 0 amide bonds. The normalized spacial score (nSPS) is 13.1. The predicted octanol–water partition coefficient (Wildman–Crippen LogP) is 1.85. The molecule has 0 bridgehead atoms. The largest absolute Gasteiger partial charge is 0.469 e. The minimum Gasteiger partial charge on any atom is -0.469 e.